The van der Waals surface area contributed by atoms with Gasteiger partial charge < -0.3 is 10.5 Å². The summed E-state index contributed by atoms with van der Waals surface area (Å²) in [7, 11) is 0. The summed E-state index contributed by atoms with van der Waals surface area (Å²) in [5.74, 6) is 1.56. The summed E-state index contributed by atoms with van der Waals surface area (Å²) in [4.78, 5) is 0. The largest absolute Gasteiger partial charge is 0.381 e. The number of nitrogens with zero attached hydrogens (tertiary/aromatic N) is 3. The van der Waals surface area contributed by atoms with Gasteiger partial charge in [-0.3, -0.25) is 4.40 Å². The standard InChI is InChI=1S/C12H16N4O/c13-7-10-2-1-3-11-14-15-12(16(10)11)6-9-4-5-17-8-9/h1-3,9H,4-8,13H2. The van der Waals surface area contributed by atoms with Crippen LogP contribution in [0.1, 0.15) is 17.9 Å². The number of aromatic nitrogens is 3. The van der Waals surface area contributed by atoms with Crippen molar-refractivity contribution < 1.29 is 4.74 Å². The van der Waals surface area contributed by atoms with E-state index in [-0.39, 0.29) is 0 Å². The molecular weight excluding hydrogens is 216 g/mol. The van der Waals surface area contributed by atoms with Gasteiger partial charge in [-0.2, -0.15) is 0 Å². The topological polar surface area (TPSA) is 65.4 Å². The van der Waals surface area contributed by atoms with Crippen LogP contribution in [-0.2, 0) is 17.7 Å². The molecule has 0 bridgehead atoms. The van der Waals surface area contributed by atoms with E-state index in [0.717, 1.165) is 43.2 Å². The molecule has 17 heavy (non-hydrogen) atoms. The van der Waals surface area contributed by atoms with Crippen molar-refractivity contribution in [1.29, 1.82) is 0 Å². The summed E-state index contributed by atoms with van der Waals surface area (Å²) in [5, 5.41) is 8.46. The molecule has 1 saturated heterocycles. The number of pyridine rings is 1. The Morgan fingerprint density at radius 3 is 3.12 bits per heavy atom. The van der Waals surface area contributed by atoms with Crippen LogP contribution in [0, 0.1) is 5.92 Å². The summed E-state index contributed by atoms with van der Waals surface area (Å²) in [6.07, 6.45) is 2.03. The number of ether oxygens (including phenoxy) is 1. The normalized spacial score (nSPS) is 20.2. The zero-order valence-electron chi connectivity index (χ0n) is 9.67. The lowest BCUT2D eigenvalue weighted by Crippen LogP contribution is -2.11. The molecule has 0 saturated carbocycles. The Hall–Kier alpha value is -1.46. The van der Waals surface area contributed by atoms with Gasteiger partial charge in [-0.1, -0.05) is 6.07 Å². The molecule has 0 aliphatic carbocycles. The Balaban J connectivity index is 1.98. The fourth-order valence-electron chi connectivity index (χ4n) is 2.37. The molecule has 2 aromatic heterocycles. The van der Waals surface area contributed by atoms with E-state index < -0.39 is 0 Å². The minimum atomic E-state index is 0.504. The van der Waals surface area contributed by atoms with E-state index in [1.165, 1.54) is 0 Å². The van der Waals surface area contributed by atoms with Gasteiger partial charge in [0.25, 0.3) is 0 Å². The van der Waals surface area contributed by atoms with Crippen LogP contribution in [0.15, 0.2) is 18.2 Å². The van der Waals surface area contributed by atoms with E-state index in [0.29, 0.717) is 12.5 Å². The lowest BCUT2D eigenvalue weighted by Gasteiger charge is -2.08. The summed E-state index contributed by atoms with van der Waals surface area (Å²) < 4.78 is 7.46. The lowest BCUT2D eigenvalue weighted by molar-refractivity contribution is 0.185. The maximum Gasteiger partial charge on any atom is 0.161 e. The van der Waals surface area contributed by atoms with E-state index in [2.05, 4.69) is 14.6 Å². The molecule has 3 heterocycles. The van der Waals surface area contributed by atoms with Crippen LogP contribution < -0.4 is 5.73 Å². The van der Waals surface area contributed by atoms with Gasteiger partial charge >= 0.3 is 0 Å². The fraction of sp³-hybridized carbons (Fsp3) is 0.500. The van der Waals surface area contributed by atoms with Gasteiger partial charge in [-0.25, -0.2) is 0 Å². The molecule has 2 aromatic rings. The van der Waals surface area contributed by atoms with Crippen molar-refractivity contribution in [2.24, 2.45) is 11.7 Å². The zero-order chi connectivity index (χ0) is 11.7. The fourth-order valence-corrected chi connectivity index (χ4v) is 2.37. The minimum Gasteiger partial charge on any atom is -0.381 e. The monoisotopic (exact) mass is 232 g/mol. The Kier molecular flexibility index (Phi) is 2.78. The highest BCUT2D eigenvalue weighted by atomic mass is 16.5. The van der Waals surface area contributed by atoms with Crippen molar-refractivity contribution in [1.82, 2.24) is 14.6 Å². The second-order valence-corrected chi connectivity index (χ2v) is 4.46. The molecule has 1 fully saturated rings. The van der Waals surface area contributed by atoms with Gasteiger partial charge in [0.2, 0.25) is 0 Å². The molecule has 0 aromatic carbocycles. The lowest BCUT2D eigenvalue weighted by atomic mass is 10.0. The molecule has 0 spiro atoms. The van der Waals surface area contributed by atoms with Crippen LogP contribution in [0.5, 0.6) is 0 Å². The van der Waals surface area contributed by atoms with Crippen molar-refractivity contribution >= 4 is 5.65 Å². The quantitative estimate of drug-likeness (QED) is 0.848. The number of hydrogen-bond donors (Lipinski definition) is 1. The van der Waals surface area contributed by atoms with E-state index in [1.54, 1.807) is 0 Å². The second-order valence-electron chi connectivity index (χ2n) is 4.46. The first-order valence-corrected chi connectivity index (χ1v) is 5.98. The van der Waals surface area contributed by atoms with Gasteiger partial charge in [0.1, 0.15) is 5.82 Å². The zero-order valence-corrected chi connectivity index (χ0v) is 9.67. The predicted octanol–water partition coefficient (Wildman–Crippen LogP) is 0.767. The number of rotatable bonds is 3. The second kappa shape index (κ2) is 4.43. The molecule has 5 nitrogen and oxygen atoms in total. The van der Waals surface area contributed by atoms with Crippen LogP contribution in [0.4, 0.5) is 0 Å². The summed E-state index contributed by atoms with van der Waals surface area (Å²) in [6.45, 7) is 2.20. The SMILES string of the molecule is NCc1cccc2nnc(CC3CCOC3)n12. The molecule has 3 rings (SSSR count). The molecule has 0 radical (unpaired) electrons. The highest BCUT2D eigenvalue weighted by Crippen LogP contribution is 2.18. The predicted molar refractivity (Wildman–Crippen MR) is 63.5 cm³/mol. The number of fused-ring (bicyclic) bond motifs is 1. The van der Waals surface area contributed by atoms with Crippen molar-refractivity contribution in [3.05, 3.63) is 29.7 Å². The van der Waals surface area contributed by atoms with E-state index in [1.807, 2.05) is 18.2 Å². The third-order valence-corrected chi connectivity index (χ3v) is 3.28. The molecule has 90 valence electrons. The Morgan fingerprint density at radius 1 is 1.41 bits per heavy atom. The van der Waals surface area contributed by atoms with Crippen molar-refractivity contribution in [2.45, 2.75) is 19.4 Å². The smallest absolute Gasteiger partial charge is 0.161 e. The van der Waals surface area contributed by atoms with Crippen LogP contribution in [-0.4, -0.2) is 27.8 Å². The highest BCUT2D eigenvalue weighted by molar-refractivity contribution is 5.40. The van der Waals surface area contributed by atoms with Crippen molar-refractivity contribution in [3.63, 3.8) is 0 Å². The molecular formula is C12H16N4O. The van der Waals surface area contributed by atoms with E-state index in [4.69, 9.17) is 10.5 Å². The maximum absolute atomic E-state index is 5.75. The van der Waals surface area contributed by atoms with Gasteiger partial charge in [0.15, 0.2) is 5.65 Å². The molecule has 5 heteroatoms. The molecule has 1 atom stereocenters. The average molecular weight is 232 g/mol. The Bertz CT molecular complexity index is 516. The Morgan fingerprint density at radius 2 is 2.35 bits per heavy atom. The van der Waals surface area contributed by atoms with Crippen LogP contribution in [0.3, 0.4) is 0 Å². The van der Waals surface area contributed by atoms with Crippen molar-refractivity contribution in [2.75, 3.05) is 13.2 Å². The van der Waals surface area contributed by atoms with Gasteiger partial charge in [-0.15, -0.1) is 10.2 Å². The van der Waals surface area contributed by atoms with Crippen LogP contribution in [0.25, 0.3) is 5.65 Å². The van der Waals surface area contributed by atoms with Gasteiger partial charge in [0.05, 0.1) is 0 Å². The van der Waals surface area contributed by atoms with Gasteiger partial charge in [0, 0.05) is 31.9 Å². The molecule has 2 N–H and O–H groups in total. The number of hydrogen-bond acceptors (Lipinski definition) is 4. The van der Waals surface area contributed by atoms with Gasteiger partial charge in [-0.05, 0) is 24.5 Å². The number of nitrogens with two attached hydrogens (primary N) is 1. The molecule has 0 amide bonds. The first-order chi connectivity index (χ1) is 8.38. The van der Waals surface area contributed by atoms with E-state index in [9.17, 15) is 0 Å². The maximum atomic E-state index is 5.75. The van der Waals surface area contributed by atoms with Crippen LogP contribution in [0.2, 0.25) is 0 Å². The highest BCUT2D eigenvalue weighted by Gasteiger charge is 2.19. The molecule has 1 aliphatic heterocycles. The summed E-state index contributed by atoms with van der Waals surface area (Å²) in [6, 6.07) is 5.94. The Labute approximate surface area is 99.6 Å². The summed E-state index contributed by atoms with van der Waals surface area (Å²) >= 11 is 0. The van der Waals surface area contributed by atoms with Crippen molar-refractivity contribution in [3.8, 4) is 0 Å². The minimum absolute atomic E-state index is 0.504. The summed E-state index contributed by atoms with van der Waals surface area (Å²) in [5.41, 5.74) is 7.68. The molecule has 1 unspecified atom stereocenters. The third kappa shape index (κ3) is 1.92. The van der Waals surface area contributed by atoms with E-state index >= 15 is 0 Å². The van der Waals surface area contributed by atoms with Crippen LogP contribution >= 0.6 is 0 Å². The third-order valence-electron chi connectivity index (χ3n) is 3.28. The first-order valence-electron chi connectivity index (χ1n) is 5.98. The first kappa shape index (κ1) is 10.7. The average Bonchev–Trinajstić information content (AvgIpc) is 2.99. The molecule has 1 aliphatic rings.